The zero-order valence-electron chi connectivity index (χ0n) is 11.2. The standard InChI is InChI=1S/C16H14BrClFNO/c17-14-7-6-13(10-15(14)19)16(21)20(9-8-18)11-12-4-2-1-3-5-12/h1-7,10H,8-9,11H2. The van der Waals surface area contributed by atoms with Crippen LogP contribution in [0.5, 0.6) is 0 Å². The quantitative estimate of drug-likeness (QED) is 0.711. The number of alkyl halides is 1. The Morgan fingerprint density at radius 3 is 2.52 bits per heavy atom. The Bertz CT molecular complexity index is 621. The van der Waals surface area contributed by atoms with Crippen LogP contribution < -0.4 is 0 Å². The number of hydrogen-bond acceptors (Lipinski definition) is 1. The van der Waals surface area contributed by atoms with Gasteiger partial charge in [-0.15, -0.1) is 11.6 Å². The van der Waals surface area contributed by atoms with Gasteiger partial charge in [0, 0.05) is 24.5 Å². The van der Waals surface area contributed by atoms with Gasteiger partial charge in [0.2, 0.25) is 0 Å². The van der Waals surface area contributed by atoms with Crippen molar-refractivity contribution in [3.63, 3.8) is 0 Å². The molecule has 0 heterocycles. The van der Waals surface area contributed by atoms with Crippen LogP contribution in [0.25, 0.3) is 0 Å². The summed E-state index contributed by atoms with van der Waals surface area (Å²) in [6.45, 7) is 0.858. The molecule has 0 radical (unpaired) electrons. The van der Waals surface area contributed by atoms with Crippen LogP contribution >= 0.6 is 27.5 Å². The minimum Gasteiger partial charge on any atom is -0.333 e. The second-order valence-corrected chi connectivity index (χ2v) is 5.76. The molecule has 0 aromatic heterocycles. The minimum atomic E-state index is -0.452. The van der Waals surface area contributed by atoms with E-state index >= 15 is 0 Å². The van der Waals surface area contributed by atoms with Crippen molar-refractivity contribution < 1.29 is 9.18 Å². The SMILES string of the molecule is O=C(c1ccc(Br)c(F)c1)N(CCCl)Cc1ccccc1. The van der Waals surface area contributed by atoms with E-state index in [-0.39, 0.29) is 5.91 Å². The highest BCUT2D eigenvalue weighted by Gasteiger charge is 2.17. The van der Waals surface area contributed by atoms with Crippen LogP contribution in [-0.2, 0) is 6.54 Å². The third-order valence-electron chi connectivity index (χ3n) is 3.02. The maximum absolute atomic E-state index is 13.6. The third kappa shape index (κ3) is 4.29. The maximum atomic E-state index is 13.6. The van der Waals surface area contributed by atoms with E-state index in [9.17, 15) is 9.18 Å². The summed E-state index contributed by atoms with van der Waals surface area (Å²) in [6, 6.07) is 14.0. The van der Waals surface area contributed by atoms with Gasteiger partial charge in [0.15, 0.2) is 0 Å². The lowest BCUT2D eigenvalue weighted by Crippen LogP contribution is -2.32. The van der Waals surface area contributed by atoms with E-state index in [1.54, 1.807) is 11.0 Å². The first-order chi connectivity index (χ1) is 10.1. The average molecular weight is 371 g/mol. The third-order valence-corrected chi connectivity index (χ3v) is 3.84. The fourth-order valence-electron chi connectivity index (χ4n) is 1.97. The lowest BCUT2D eigenvalue weighted by atomic mass is 10.1. The molecular weight excluding hydrogens is 357 g/mol. The van der Waals surface area contributed by atoms with Crippen molar-refractivity contribution in [2.24, 2.45) is 0 Å². The Labute approximate surface area is 136 Å². The van der Waals surface area contributed by atoms with Crippen molar-refractivity contribution in [1.29, 1.82) is 0 Å². The Morgan fingerprint density at radius 2 is 1.90 bits per heavy atom. The van der Waals surface area contributed by atoms with Crippen LogP contribution in [0, 0.1) is 5.82 Å². The summed E-state index contributed by atoms with van der Waals surface area (Å²) in [4.78, 5) is 14.1. The van der Waals surface area contributed by atoms with E-state index < -0.39 is 5.82 Å². The predicted octanol–water partition coefficient (Wildman–Crippen LogP) is 4.47. The molecule has 0 aliphatic carbocycles. The van der Waals surface area contributed by atoms with Crippen molar-refractivity contribution in [3.05, 3.63) is 69.9 Å². The molecule has 2 nitrogen and oxygen atoms in total. The molecule has 0 atom stereocenters. The summed E-state index contributed by atoms with van der Waals surface area (Å²) in [5, 5.41) is 0. The van der Waals surface area contributed by atoms with Crippen LogP contribution in [0.3, 0.4) is 0 Å². The lowest BCUT2D eigenvalue weighted by molar-refractivity contribution is 0.0753. The molecule has 5 heteroatoms. The second-order valence-electron chi connectivity index (χ2n) is 4.53. The van der Waals surface area contributed by atoms with E-state index in [0.717, 1.165) is 5.56 Å². The first-order valence-electron chi connectivity index (χ1n) is 6.46. The van der Waals surface area contributed by atoms with E-state index in [1.165, 1.54) is 12.1 Å². The zero-order valence-corrected chi connectivity index (χ0v) is 13.6. The van der Waals surface area contributed by atoms with Gasteiger partial charge in [-0.05, 0) is 39.7 Å². The maximum Gasteiger partial charge on any atom is 0.254 e. The fourth-order valence-corrected chi connectivity index (χ4v) is 2.42. The Hall–Kier alpha value is -1.39. The number of halogens is 3. The fraction of sp³-hybridized carbons (Fsp3) is 0.188. The van der Waals surface area contributed by atoms with Crippen LogP contribution in [0.4, 0.5) is 4.39 Å². The molecule has 2 aromatic rings. The summed E-state index contributed by atoms with van der Waals surface area (Å²) >= 11 is 8.85. The molecule has 0 saturated heterocycles. The molecule has 0 unspecified atom stereocenters. The van der Waals surface area contributed by atoms with Gasteiger partial charge >= 0.3 is 0 Å². The number of rotatable bonds is 5. The van der Waals surface area contributed by atoms with Crippen LogP contribution in [0.1, 0.15) is 15.9 Å². The highest BCUT2D eigenvalue weighted by molar-refractivity contribution is 9.10. The summed E-state index contributed by atoms with van der Waals surface area (Å²) < 4.78 is 13.9. The van der Waals surface area contributed by atoms with Crippen LogP contribution in [0.15, 0.2) is 53.0 Å². The molecule has 0 fully saturated rings. The van der Waals surface area contributed by atoms with E-state index in [0.29, 0.717) is 29.0 Å². The molecule has 1 amide bonds. The van der Waals surface area contributed by atoms with Crippen molar-refractivity contribution in [1.82, 2.24) is 4.90 Å². The van der Waals surface area contributed by atoms with Crippen LogP contribution in [-0.4, -0.2) is 23.2 Å². The van der Waals surface area contributed by atoms with Gasteiger partial charge in [0.05, 0.1) is 4.47 Å². The number of benzene rings is 2. The first-order valence-corrected chi connectivity index (χ1v) is 7.79. The summed E-state index contributed by atoms with van der Waals surface area (Å²) in [7, 11) is 0. The Kier molecular flexibility index (Phi) is 5.76. The van der Waals surface area contributed by atoms with Gasteiger partial charge in [0.1, 0.15) is 5.82 Å². The molecule has 2 aromatic carbocycles. The monoisotopic (exact) mass is 369 g/mol. The van der Waals surface area contributed by atoms with E-state index in [2.05, 4.69) is 15.9 Å². The van der Waals surface area contributed by atoms with Gasteiger partial charge in [-0.1, -0.05) is 30.3 Å². The Balaban J connectivity index is 2.20. The number of amides is 1. The average Bonchev–Trinajstić information content (AvgIpc) is 2.50. The van der Waals surface area contributed by atoms with Gasteiger partial charge in [-0.25, -0.2) is 4.39 Å². The largest absolute Gasteiger partial charge is 0.333 e. The number of carbonyl (C=O) groups is 1. The van der Waals surface area contributed by atoms with Gasteiger partial charge in [-0.2, -0.15) is 0 Å². The molecule has 0 bridgehead atoms. The van der Waals surface area contributed by atoms with Crippen molar-refractivity contribution in [2.45, 2.75) is 6.54 Å². The molecule has 0 spiro atoms. The van der Waals surface area contributed by atoms with E-state index in [4.69, 9.17) is 11.6 Å². The number of hydrogen-bond donors (Lipinski definition) is 0. The Morgan fingerprint density at radius 1 is 1.19 bits per heavy atom. The summed E-state index contributed by atoms with van der Waals surface area (Å²) in [5.74, 6) is -0.352. The smallest absolute Gasteiger partial charge is 0.254 e. The van der Waals surface area contributed by atoms with Crippen molar-refractivity contribution in [3.8, 4) is 0 Å². The van der Waals surface area contributed by atoms with Gasteiger partial charge < -0.3 is 4.90 Å². The first kappa shape index (κ1) is 16.0. The molecule has 21 heavy (non-hydrogen) atoms. The van der Waals surface area contributed by atoms with Crippen LogP contribution in [0.2, 0.25) is 0 Å². The summed E-state index contributed by atoms with van der Waals surface area (Å²) in [6.07, 6.45) is 0. The summed E-state index contributed by atoms with van der Waals surface area (Å²) in [5.41, 5.74) is 1.32. The second kappa shape index (κ2) is 7.57. The predicted molar refractivity (Wildman–Crippen MR) is 86.0 cm³/mol. The molecule has 110 valence electrons. The topological polar surface area (TPSA) is 20.3 Å². The highest BCUT2D eigenvalue weighted by Crippen LogP contribution is 2.18. The van der Waals surface area contributed by atoms with Gasteiger partial charge in [0.25, 0.3) is 5.91 Å². The van der Waals surface area contributed by atoms with Crippen molar-refractivity contribution >= 4 is 33.4 Å². The number of carbonyl (C=O) groups excluding carboxylic acids is 1. The highest BCUT2D eigenvalue weighted by atomic mass is 79.9. The number of nitrogens with zero attached hydrogens (tertiary/aromatic N) is 1. The molecule has 0 saturated carbocycles. The van der Waals surface area contributed by atoms with Crippen molar-refractivity contribution in [2.75, 3.05) is 12.4 Å². The molecule has 2 rings (SSSR count). The lowest BCUT2D eigenvalue weighted by Gasteiger charge is -2.22. The molecule has 0 aliphatic rings. The molecule has 0 N–H and O–H groups in total. The molecule has 0 aliphatic heterocycles. The van der Waals surface area contributed by atoms with Gasteiger partial charge in [-0.3, -0.25) is 4.79 Å². The normalized spacial score (nSPS) is 10.4. The van der Waals surface area contributed by atoms with E-state index in [1.807, 2.05) is 30.3 Å². The molecular formula is C16H14BrClFNO. The zero-order chi connectivity index (χ0) is 15.2. The minimum absolute atomic E-state index is 0.231.